The Bertz CT molecular complexity index is 561. The van der Waals surface area contributed by atoms with Crippen molar-refractivity contribution in [1.29, 1.82) is 0 Å². The summed E-state index contributed by atoms with van der Waals surface area (Å²) in [5.74, 6) is 0.846. The van der Waals surface area contributed by atoms with Crippen molar-refractivity contribution < 1.29 is 19.0 Å². The SMILES string of the molecule is CC(CN1CCOCC1)NC(=O)c1cc(Cl)c2c(c1)OCO2. The summed E-state index contributed by atoms with van der Waals surface area (Å²) in [6.07, 6.45) is 0. The van der Waals surface area contributed by atoms with Gasteiger partial charge in [-0.3, -0.25) is 9.69 Å². The second-order valence-corrected chi connectivity index (χ2v) is 5.89. The van der Waals surface area contributed by atoms with Gasteiger partial charge in [-0.05, 0) is 19.1 Å². The van der Waals surface area contributed by atoms with Crippen molar-refractivity contribution in [3.05, 3.63) is 22.7 Å². The molecule has 0 aliphatic carbocycles. The van der Waals surface area contributed by atoms with Gasteiger partial charge < -0.3 is 19.5 Å². The van der Waals surface area contributed by atoms with Crippen LogP contribution in [0.25, 0.3) is 0 Å². The molecule has 22 heavy (non-hydrogen) atoms. The summed E-state index contributed by atoms with van der Waals surface area (Å²) in [6, 6.07) is 3.30. The normalized spacial score (nSPS) is 19.0. The predicted molar refractivity (Wildman–Crippen MR) is 81.8 cm³/mol. The second-order valence-electron chi connectivity index (χ2n) is 5.48. The van der Waals surface area contributed by atoms with Crippen molar-refractivity contribution in [3.8, 4) is 11.5 Å². The Morgan fingerprint density at radius 1 is 1.36 bits per heavy atom. The van der Waals surface area contributed by atoms with Gasteiger partial charge in [0.05, 0.1) is 18.2 Å². The molecule has 1 atom stereocenters. The van der Waals surface area contributed by atoms with E-state index in [1.54, 1.807) is 12.1 Å². The zero-order valence-corrected chi connectivity index (χ0v) is 13.2. The lowest BCUT2D eigenvalue weighted by atomic mass is 10.1. The van der Waals surface area contributed by atoms with Gasteiger partial charge in [0, 0.05) is 31.2 Å². The fraction of sp³-hybridized carbons (Fsp3) is 0.533. The molecule has 0 aromatic heterocycles. The number of halogens is 1. The van der Waals surface area contributed by atoms with E-state index in [0.29, 0.717) is 22.1 Å². The summed E-state index contributed by atoms with van der Waals surface area (Å²) in [6.45, 7) is 6.21. The maximum Gasteiger partial charge on any atom is 0.251 e. The summed E-state index contributed by atoms with van der Waals surface area (Å²) in [4.78, 5) is 14.6. The molecular formula is C15H19ClN2O4. The van der Waals surface area contributed by atoms with Crippen LogP contribution in [0.2, 0.25) is 5.02 Å². The number of nitrogens with one attached hydrogen (secondary N) is 1. The number of amides is 1. The number of rotatable bonds is 4. The van der Waals surface area contributed by atoms with E-state index >= 15 is 0 Å². The molecule has 2 aliphatic rings. The van der Waals surface area contributed by atoms with Gasteiger partial charge in [0.25, 0.3) is 5.91 Å². The number of benzene rings is 1. The molecule has 120 valence electrons. The average molecular weight is 327 g/mol. The van der Waals surface area contributed by atoms with Crippen LogP contribution in [0.1, 0.15) is 17.3 Å². The minimum atomic E-state index is -0.166. The number of carbonyl (C=O) groups is 1. The summed E-state index contributed by atoms with van der Waals surface area (Å²) in [5.41, 5.74) is 0.475. The van der Waals surface area contributed by atoms with Gasteiger partial charge in [-0.25, -0.2) is 0 Å². The summed E-state index contributed by atoms with van der Waals surface area (Å²) >= 11 is 6.10. The van der Waals surface area contributed by atoms with Gasteiger partial charge >= 0.3 is 0 Å². The van der Waals surface area contributed by atoms with E-state index in [1.807, 2.05) is 6.92 Å². The molecule has 1 fully saturated rings. The topological polar surface area (TPSA) is 60.0 Å². The van der Waals surface area contributed by atoms with E-state index < -0.39 is 0 Å². The monoisotopic (exact) mass is 326 g/mol. The number of fused-ring (bicyclic) bond motifs is 1. The van der Waals surface area contributed by atoms with Crippen LogP contribution >= 0.6 is 11.6 Å². The molecule has 1 unspecified atom stereocenters. The van der Waals surface area contributed by atoms with Crippen molar-refractivity contribution in [1.82, 2.24) is 10.2 Å². The van der Waals surface area contributed by atoms with Gasteiger partial charge in [-0.1, -0.05) is 11.6 Å². The standard InChI is InChI=1S/C15H19ClN2O4/c1-10(8-18-2-4-20-5-3-18)17-15(19)11-6-12(16)14-13(7-11)21-9-22-14/h6-7,10H,2-5,8-9H2,1H3,(H,17,19). The Kier molecular flexibility index (Phi) is 4.71. The summed E-state index contributed by atoms with van der Waals surface area (Å²) in [5, 5.41) is 3.38. The average Bonchev–Trinajstić information content (AvgIpc) is 2.97. The highest BCUT2D eigenvalue weighted by molar-refractivity contribution is 6.32. The minimum Gasteiger partial charge on any atom is -0.454 e. The van der Waals surface area contributed by atoms with Crippen LogP contribution in [-0.4, -0.2) is 56.5 Å². The Balaban J connectivity index is 1.60. The van der Waals surface area contributed by atoms with Gasteiger partial charge in [0.15, 0.2) is 11.5 Å². The van der Waals surface area contributed by atoms with E-state index in [9.17, 15) is 4.79 Å². The zero-order valence-electron chi connectivity index (χ0n) is 12.4. The fourth-order valence-electron chi connectivity index (χ4n) is 2.62. The number of ether oxygens (including phenoxy) is 3. The number of carbonyl (C=O) groups excluding carboxylic acids is 1. The lowest BCUT2D eigenvalue weighted by Crippen LogP contribution is -2.46. The highest BCUT2D eigenvalue weighted by Gasteiger charge is 2.22. The Morgan fingerprint density at radius 2 is 2.14 bits per heavy atom. The maximum atomic E-state index is 12.3. The minimum absolute atomic E-state index is 0.0369. The molecule has 2 aliphatic heterocycles. The Labute approximate surface area is 134 Å². The first-order valence-corrected chi connectivity index (χ1v) is 7.71. The first kappa shape index (κ1) is 15.4. The van der Waals surface area contributed by atoms with Gasteiger partial charge in [0.1, 0.15) is 0 Å². The van der Waals surface area contributed by atoms with E-state index in [-0.39, 0.29) is 18.7 Å². The molecule has 7 heteroatoms. The molecule has 3 rings (SSSR count). The first-order chi connectivity index (χ1) is 10.6. The number of hydrogen-bond donors (Lipinski definition) is 1. The number of nitrogens with zero attached hydrogens (tertiary/aromatic N) is 1. The van der Waals surface area contributed by atoms with E-state index in [4.69, 9.17) is 25.8 Å². The summed E-state index contributed by atoms with van der Waals surface area (Å²) in [7, 11) is 0. The lowest BCUT2D eigenvalue weighted by Gasteiger charge is -2.29. The van der Waals surface area contributed by atoms with Crippen LogP contribution in [0.4, 0.5) is 0 Å². The van der Waals surface area contributed by atoms with Gasteiger partial charge in [-0.2, -0.15) is 0 Å². The highest BCUT2D eigenvalue weighted by atomic mass is 35.5. The molecule has 0 radical (unpaired) electrons. The van der Waals surface area contributed by atoms with Crippen LogP contribution in [-0.2, 0) is 4.74 Å². The Morgan fingerprint density at radius 3 is 2.91 bits per heavy atom. The third kappa shape index (κ3) is 3.45. The summed E-state index contributed by atoms with van der Waals surface area (Å²) < 4.78 is 15.8. The molecule has 1 amide bonds. The van der Waals surface area contributed by atoms with E-state index in [1.165, 1.54) is 0 Å². The quantitative estimate of drug-likeness (QED) is 0.909. The van der Waals surface area contributed by atoms with Gasteiger partial charge in [-0.15, -0.1) is 0 Å². The molecule has 1 aromatic carbocycles. The smallest absolute Gasteiger partial charge is 0.251 e. The van der Waals surface area contributed by atoms with Crippen molar-refractivity contribution in [3.63, 3.8) is 0 Å². The van der Waals surface area contributed by atoms with E-state index in [0.717, 1.165) is 32.8 Å². The predicted octanol–water partition coefficient (Wildman–Crippen LogP) is 1.52. The Hall–Kier alpha value is -1.50. The number of morpholine rings is 1. The van der Waals surface area contributed by atoms with Crippen LogP contribution in [0.15, 0.2) is 12.1 Å². The van der Waals surface area contributed by atoms with Crippen molar-refractivity contribution in [2.45, 2.75) is 13.0 Å². The van der Waals surface area contributed by atoms with Crippen molar-refractivity contribution in [2.75, 3.05) is 39.6 Å². The molecule has 0 saturated carbocycles. The molecular weight excluding hydrogens is 308 g/mol. The van der Waals surface area contributed by atoms with Crippen molar-refractivity contribution in [2.24, 2.45) is 0 Å². The molecule has 0 spiro atoms. The van der Waals surface area contributed by atoms with Crippen LogP contribution < -0.4 is 14.8 Å². The largest absolute Gasteiger partial charge is 0.454 e. The van der Waals surface area contributed by atoms with Crippen molar-refractivity contribution >= 4 is 17.5 Å². The second kappa shape index (κ2) is 6.73. The molecule has 6 nitrogen and oxygen atoms in total. The first-order valence-electron chi connectivity index (χ1n) is 7.33. The lowest BCUT2D eigenvalue weighted by molar-refractivity contribution is 0.0342. The highest BCUT2D eigenvalue weighted by Crippen LogP contribution is 2.39. The molecule has 1 saturated heterocycles. The molecule has 2 heterocycles. The van der Waals surface area contributed by atoms with Gasteiger partial charge in [0.2, 0.25) is 6.79 Å². The maximum absolute atomic E-state index is 12.3. The van der Waals surface area contributed by atoms with E-state index in [2.05, 4.69) is 10.2 Å². The van der Waals surface area contributed by atoms with Crippen LogP contribution in [0, 0.1) is 0 Å². The third-order valence-electron chi connectivity index (χ3n) is 3.70. The molecule has 1 N–H and O–H groups in total. The van der Waals surface area contributed by atoms with Crippen LogP contribution in [0.5, 0.6) is 11.5 Å². The molecule has 0 bridgehead atoms. The zero-order chi connectivity index (χ0) is 15.5. The fourth-order valence-corrected chi connectivity index (χ4v) is 2.89. The third-order valence-corrected chi connectivity index (χ3v) is 3.98. The molecule has 1 aromatic rings. The number of hydrogen-bond acceptors (Lipinski definition) is 5. The van der Waals surface area contributed by atoms with Crippen LogP contribution in [0.3, 0.4) is 0 Å².